The van der Waals surface area contributed by atoms with E-state index in [1.165, 1.54) is 11.1 Å². The van der Waals surface area contributed by atoms with Gasteiger partial charge in [-0.15, -0.1) is 0 Å². The van der Waals surface area contributed by atoms with E-state index < -0.39 is 0 Å². The normalized spacial score (nSPS) is 11.8. The number of nitrogens with one attached hydrogen (secondary N) is 2. The Morgan fingerprint density at radius 1 is 0.962 bits per heavy atom. The third kappa shape index (κ3) is 4.39. The fourth-order valence-corrected chi connectivity index (χ4v) is 2.66. The lowest BCUT2D eigenvalue weighted by atomic mass is 10.1. The fraction of sp³-hybridized carbons (Fsp3) is 0.273. The van der Waals surface area contributed by atoms with Crippen LogP contribution in [0.4, 0.5) is 17.5 Å². The van der Waals surface area contributed by atoms with E-state index in [9.17, 15) is 0 Å². The number of hydrogen-bond acceptors (Lipinski definition) is 4. The lowest BCUT2D eigenvalue weighted by molar-refractivity contribution is 0.753. The second kappa shape index (κ2) is 8.00. The highest BCUT2D eigenvalue weighted by atomic mass is 15.2. The van der Waals surface area contributed by atoms with Crippen LogP contribution in [0.2, 0.25) is 0 Å². The molecule has 1 aromatic heterocycles. The van der Waals surface area contributed by atoms with E-state index in [4.69, 9.17) is 4.98 Å². The van der Waals surface area contributed by atoms with Gasteiger partial charge in [-0.05, 0) is 44.4 Å². The second-order valence-electron chi connectivity index (χ2n) is 6.73. The molecule has 2 aromatic carbocycles. The van der Waals surface area contributed by atoms with Crippen molar-refractivity contribution in [3.8, 4) is 11.3 Å². The maximum atomic E-state index is 4.71. The van der Waals surface area contributed by atoms with Crippen LogP contribution < -0.4 is 10.6 Å². The van der Waals surface area contributed by atoms with Crippen molar-refractivity contribution in [1.29, 1.82) is 0 Å². The van der Waals surface area contributed by atoms with Gasteiger partial charge in [0, 0.05) is 23.4 Å². The van der Waals surface area contributed by atoms with Crippen molar-refractivity contribution in [1.82, 2.24) is 9.97 Å². The highest BCUT2D eigenvalue weighted by molar-refractivity contribution is 5.68. The molecule has 0 radical (unpaired) electrons. The molecule has 0 aliphatic rings. The summed E-state index contributed by atoms with van der Waals surface area (Å²) in [5.41, 5.74) is 5.45. The number of rotatable bonds is 6. The summed E-state index contributed by atoms with van der Waals surface area (Å²) < 4.78 is 0. The Balaban J connectivity index is 2.00. The molecule has 4 heteroatoms. The monoisotopic (exact) mass is 346 g/mol. The number of nitrogens with zero attached hydrogens (tertiary/aromatic N) is 2. The molecule has 0 amide bonds. The summed E-state index contributed by atoms with van der Waals surface area (Å²) in [5, 5.41) is 6.86. The number of anilines is 3. The van der Waals surface area contributed by atoms with E-state index in [1.807, 2.05) is 24.3 Å². The van der Waals surface area contributed by atoms with Crippen molar-refractivity contribution < 1.29 is 0 Å². The van der Waals surface area contributed by atoms with Crippen molar-refractivity contribution in [2.45, 2.75) is 40.2 Å². The predicted octanol–water partition coefficient (Wildman–Crippen LogP) is 5.71. The molecule has 0 bridgehead atoms. The third-order valence-corrected chi connectivity index (χ3v) is 4.44. The average molecular weight is 346 g/mol. The number of aryl methyl sites for hydroxylation is 2. The Morgan fingerprint density at radius 2 is 1.73 bits per heavy atom. The third-order valence-electron chi connectivity index (χ3n) is 4.44. The molecule has 1 heterocycles. The SMILES string of the molecule is CC[C@H](C)Nc1nc(Nc2cc(C)ccc2C)cc(-c2ccccc2)n1. The molecule has 0 fully saturated rings. The van der Waals surface area contributed by atoms with Gasteiger partial charge in [0.1, 0.15) is 5.82 Å². The maximum Gasteiger partial charge on any atom is 0.225 e. The fourth-order valence-electron chi connectivity index (χ4n) is 2.66. The zero-order chi connectivity index (χ0) is 18.5. The molecule has 26 heavy (non-hydrogen) atoms. The van der Waals surface area contributed by atoms with Crippen LogP contribution in [0.25, 0.3) is 11.3 Å². The lowest BCUT2D eigenvalue weighted by Crippen LogP contribution is -2.16. The summed E-state index contributed by atoms with van der Waals surface area (Å²) in [6.45, 7) is 8.47. The zero-order valence-electron chi connectivity index (χ0n) is 15.9. The van der Waals surface area contributed by atoms with Crippen molar-refractivity contribution in [2.24, 2.45) is 0 Å². The van der Waals surface area contributed by atoms with Gasteiger partial charge < -0.3 is 10.6 Å². The summed E-state index contributed by atoms with van der Waals surface area (Å²) in [6.07, 6.45) is 1.01. The van der Waals surface area contributed by atoms with Crippen LogP contribution >= 0.6 is 0 Å². The molecular formula is C22H26N4. The smallest absolute Gasteiger partial charge is 0.225 e. The van der Waals surface area contributed by atoms with Crippen LogP contribution in [0.5, 0.6) is 0 Å². The number of hydrogen-bond donors (Lipinski definition) is 2. The van der Waals surface area contributed by atoms with Gasteiger partial charge in [-0.3, -0.25) is 0 Å². The van der Waals surface area contributed by atoms with Crippen molar-refractivity contribution in [2.75, 3.05) is 10.6 Å². The Morgan fingerprint density at radius 3 is 2.46 bits per heavy atom. The average Bonchev–Trinajstić information content (AvgIpc) is 2.65. The lowest BCUT2D eigenvalue weighted by Gasteiger charge is -2.15. The van der Waals surface area contributed by atoms with E-state index in [0.29, 0.717) is 12.0 Å². The molecule has 0 aliphatic heterocycles. The van der Waals surface area contributed by atoms with E-state index in [2.05, 4.69) is 73.6 Å². The summed E-state index contributed by atoms with van der Waals surface area (Å²) >= 11 is 0. The Hall–Kier alpha value is -2.88. The largest absolute Gasteiger partial charge is 0.352 e. The minimum atomic E-state index is 0.314. The van der Waals surface area contributed by atoms with E-state index in [-0.39, 0.29) is 0 Å². The Labute approximate surface area is 155 Å². The first kappa shape index (κ1) is 17.9. The first-order chi connectivity index (χ1) is 12.5. The van der Waals surface area contributed by atoms with Gasteiger partial charge in [0.05, 0.1) is 5.69 Å². The second-order valence-corrected chi connectivity index (χ2v) is 6.73. The van der Waals surface area contributed by atoms with E-state index >= 15 is 0 Å². The molecule has 134 valence electrons. The molecule has 0 spiro atoms. The summed E-state index contributed by atoms with van der Waals surface area (Å²) in [7, 11) is 0. The molecule has 3 aromatic rings. The molecular weight excluding hydrogens is 320 g/mol. The molecule has 0 aliphatic carbocycles. The maximum absolute atomic E-state index is 4.71. The summed E-state index contributed by atoms with van der Waals surface area (Å²) in [4.78, 5) is 9.39. The molecule has 4 nitrogen and oxygen atoms in total. The minimum absolute atomic E-state index is 0.314. The first-order valence-corrected chi connectivity index (χ1v) is 9.10. The topological polar surface area (TPSA) is 49.8 Å². The van der Waals surface area contributed by atoms with Crippen LogP contribution in [0.1, 0.15) is 31.4 Å². The van der Waals surface area contributed by atoms with Gasteiger partial charge in [-0.2, -0.15) is 4.98 Å². The zero-order valence-corrected chi connectivity index (χ0v) is 15.9. The molecule has 0 unspecified atom stereocenters. The van der Waals surface area contributed by atoms with Gasteiger partial charge in [0.25, 0.3) is 0 Å². The quantitative estimate of drug-likeness (QED) is 0.600. The Bertz CT molecular complexity index is 875. The van der Waals surface area contributed by atoms with Gasteiger partial charge in [0.15, 0.2) is 0 Å². The minimum Gasteiger partial charge on any atom is -0.352 e. The van der Waals surface area contributed by atoms with Gasteiger partial charge in [-0.1, -0.05) is 49.4 Å². The molecule has 1 atom stereocenters. The van der Waals surface area contributed by atoms with Crippen LogP contribution in [-0.2, 0) is 0 Å². The summed E-state index contributed by atoms with van der Waals surface area (Å²) in [6, 6.07) is 18.9. The highest BCUT2D eigenvalue weighted by Crippen LogP contribution is 2.26. The van der Waals surface area contributed by atoms with Crippen LogP contribution in [0.15, 0.2) is 54.6 Å². The van der Waals surface area contributed by atoms with Crippen LogP contribution in [-0.4, -0.2) is 16.0 Å². The molecule has 3 rings (SSSR count). The highest BCUT2D eigenvalue weighted by Gasteiger charge is 2.10. The molecule has 0 saturated heterocycles. The number of aromatic nitrogens is 2. The number of benzene rings is 2. The Kier molecular flexibility index (Phi) is 5.52. The first-order valence-electron chi connectivity index (χ1n) is 9.10. The van der Waals surface area contributed by atoms with Crippen molar-refractivity contribution >= 4 is 17.5 Å². The van der Waals surface area contributed by atoms with Crippen molar-refractivity contribution in [3.05, 3.63) is 65.7 Å². The van der Waals surface area contributed by atoms with Gasteiger partial charge in [-0.25, -0.2) is 4.98 Å². The van der Waals surface area contributed by atoms with E-state index in [0.717, 1.165) is 29.2 Å². The standard InChI is InChI=1S/C22H26N4/c1-5-17(4)23-22-25-20(18-9-7-6-8-10-18)14-21(26-22)24-19-13-15(2)11-12-16(19)3/h6-14,17H,5H2,1-4H3,(H2,23,24,25,26)/t17-/m0/s1. The van der Waals surface area contributed by atoms with Crippen LogP contribution in [0.3, 0.4) is 0 Å². The van der Waals surface area contributed by atoms with Crippen molar-refractivity contribution in [3.63, 3.8) is 0 Å². The molecule has 0 saturated carbocycles. The van der Waals surface area contributed by atoms with Gasteiger partial charge >= 0.3 is 0 Å². The van der Waals surface area contributed by atoms with Gasteiger partial charge in [0.2, 0.25) is 5.95 Å². The molecule has 2 N–H and O–H groups in total. The predicted molar refractivity (Wildman–Crippen MR) is 110 cm³/mol. The van der Waals surface area contributed by atoms with E-state index in [1.54, 1.807) is 0 Å². The summed E-state index contributed by atoms with van der Waals surface area (Å²) in [5.74, 6) is 1.44. The van der Waals surface area contributed by atoms with Crippen LogP contribution in [0, 0.1) is 13.8 Å².